The first kappa shape index (κ1) is 11.9. The molecule has 0 N–H and O–H groups in total. The molecule has 0 radical (unpaired) electrons. The Morgan fingerprint density at radius 2 is 2.18 bits per heavy atom. The number of thioether (sulfide) groups is 1. The highest BCUT2D eigenvalue weighted by atomic mass is 32.2. The molecule has 0 saturated carbocycles. The fourth-order valence-corrected chi connectivity index (χ4v) is 2.03. The minimum atomic E-state index is 0.741. The van der Waals surface area contributed by atoms with E-state index in [4.69, 9.17) is 4.74 Å². The van der Waals surface area contributed by atoms with E-state index >= 15 is 0 Å². The van der Waals surface area contributed by atoms with Crippen LogP contribution in [0.4, 0.5) is 0 Å². The Labute approximate surface area is 105 Å². The van der Waals surface area contributed by atoms with E-state index in [9.17, 15) is 0 Å². The third-order valence-corrected chi connectivity index (χ3v) is 3.16. The molecule has 2 aromatic heterocycles. The molecule has 0 spiro atoms. The molecule has 0 bridgehead atoms. The van der Waals surface area contributed by atoms with E-state index in [1.165, 1.54) is 0 Å². The summed E-state index contributed by atoms with van der Waals surface area (Å²) < 4.78 is 5.68. The van der Waals surface area contributed by atoms with Gasteiger partial charge in [-0.3, -0.25) is 4.98 Å². The van der Waals surface area contributed by atoms with Gasteiger partial charge in [0, 0.05) is 18.5 Å². The first-order chi connectivity index (χ1) is 8.38. The molecule has 0 aliphatic carbocycles. The molecule has 2 heterocycles. The predicted molar refractivity (Wildman–Crippen MR) is 69.6 cm³/mol. The molecule has 0 aliphatic rings. The van der Waals surface area contributed by atoms with Crippen molar-refractivity contribution in [3.63, 3.8) is 0 Å². The van der Waals surface area contributed by atoms with Crippen molar-refractivity contribution in [1.82, 2.24) is 9.97 Å². The zero-order valence-corrected chi connectivity index (χ0v) is 10.5. The molecule has 0 aliphatic heterocycles. The molecule has 4 heteroatoms. The summed E-state index contributed by atoms with van der Waals surface area (Å²) in [4.78, 5) is 8.29. The summed E-state index contributed by atoms with van der Waals surface area (Å²) in [6.07, 6.45) is 6.32. The Bertz CT molecular complexity index is 462. The van der Waals surface area contributed by atoms with Gasteiger partial charge in [0.2, 0.25) is 0 Å². The van der Waals surface area contributed by atoms with E-state index in [2.05, 4.69) is 16.9 Å². The maximum Gasteiger partial charge on any atom is 0.145 e. The lowest BCUT2D eigenvalue weighted by atomic mass is 10.4. The van der Waals surface area contributed by atoms with Crippen LogP contribution in [0.15, 0.2) is 47.9 Å². The molecule has 88 valence electrons. The summed E-state index contributed by atoms with van der Waals surface area (Å²) in [6, 6.07) is 7.53. The number of pyridine rings is 2. The van der Waals surface area contributed by atoms with Crippen molar-refractivity contribution in [2.45, 2.75) is 18.4 Å². The first-order valence-electron chi connectivity index (χ1n) is 5.55. The van der Waals surface area contributed by atoms with Gasteiger partial charge in [-0.25, -0.2) is 4.98 Å². The lowest BCUT2D eigenvalue weighted by Gasteiger charge is -2.06. The monoisotopic (exact) mass is 246 g/mol. The molecule has 2 rings (SSSR count). The highest BCUT2D eigenvalue weighted by molar-refractivity contribution is 7.99. The second kappa shape index (κ2) is 6.25. The fraction of sp³-hybridized carbons (Fsp3) is 0.231. The van der Waals surface area contributed by atoms with Gasteiger partial charge in [-0.1, -0.05) is 6.92 Å². The quantitative estimate of drug-likeness (QED) is 0.752. The maximum absolute atomic E-state index is 5.68. The van der Waals surface area contributed by atoms with Crippen molar-refractivity contribution in [3.05, 3.63) is 42.9 Å². The number of hydrogen-bond acceptors (Lipinski definition) is 4. The molecule has 0 unspecified atom stereocenters. The minimum Gasteiger partial charge on any atom is -0.456 e. The van der Waals surface area contributed by atoms with Crippen LogP contribution in [0.1, 0.15) is 13.3 Å². The van der Waals surface area contributed by atoms with E-state index in [-0.39, 0.29) is 0 Å². The standard InChI is InChI=1S/C13H14N2OS/c1-2-8-17-13-9-11(5-7-15-13)16-12-4-3-6-14-10-12/h3-7,9-10H,2,8H2,1H3. The van der Waals surface area contributed by atoms with Gasteiger partial charge in [0.1, 0.15) is 11.5 Å². The Balaban J connectivity index is 2.06. The Morgan fingerprint density at radius 1 is 1.24 bits per heavy atom. The summed E-state index contributed by atoms with van der Waals surface area (Å²) >= 11 is 1.74. The molecular formula is C13H14N2OS. The van der Waals surface area contributed by atoms with Crippen LogP contribution < -0.4 is 4.74 Å². The van der Waals surface area contributed by atoms with Crippen molar-refractivity contribution >= 4 is 11.8 Å². The normalized spacial score (nSPS) is 10.2. The largest absolute Gasteiger partial charge is 0.456 e. The van der Waals surface area contributed by atoms with E-state index in [0.717, 1.165) is 28.7 Å². The maximum atomic E-state index is 5.68. The van der Waals surface area contributed by atoms with Gasteiger partial charge in [-0.15, -0.1) is 11.8 Å². The van der Waals surface area contributed by atoms with Gasteiger partial charge < -0.3 is 4.74 Å². The van der Waals surface area contributed by atoms with Gasteiger partial charge in [0.25, 0.3) is 0 Å². The van der Waals surface area contributed by atoms with Crippen molar-refractivity contribution in [2.24, 2.45) is 0 Å². The van der Waals surface area contributed by atoms with Gasteiger partial charge in [-0.05, 0) is 30.4 Å². The number of aromatic nitrogens is 2. The van der Waals surface area contributed by atoms with Crippen LogP contribution in [0, 0.1) is 0 Å². The lowest BCUT2D eigenvalue weighted by Crippen LogP contribution is -1.87. The topological polar surface area (TPSA) is 35.0 Å². The highest BCUT2D eigenvalue weighted by Crippen LogP contribution is 2.24. The third-order valence-electron chi connectivity index (χ3n) is 2.03. The second-order valence-corrected chi connectivity index (χ2v) is 4.58. The summed E-state index contributed by atoms with van der Waals surface area (Å²) in [5.74, 6) is 2.61. The number of ether oxygens (including phenoxy) is 1. The van der Waals surface area contributed by atoms with Gasteiger partial charge in [0.05, 0.1) is 11.2 Å². The number of nitrogens with zero attached hydrogens (tertiary/aromatic N) is 2. The molecule has 0 atom stereocenters. The van der Waals surface area contributed by atoms with Crippen molar-refractivity contribution in [3.8, 4) is 11.5 Å². The Hall–Kier alpha value is -1.55. The number of rotatable bonds is 5. The summed E-state index contributed by atoms with van der Waals surface area (Å²) in [7, 11) is 0. The molecular weight excluding hydrogens is 232 g/mol. The lowest BCUT2D eigenvalue weighted by molar-refractivity contribution is 0.477. The molecule has 0 saturated heterocycles. The molecule has 0 amide bonds. The molecule has 0 aromatic carbocycles. The van der Waals surface area contributed by atoms with Crippen molar-refractivity contribution in [2.75, 3.05) is 5.75 Å². The zero-order valence-electron chi connectivity index (χ0n) is 9.67. The smallest absolute Gasteiger partial charge is 0.145 e. The highest BCUT2D eigenvalue weighted by Gasteiger charge is 2.00. The predicted octanol–water partition coefficient (Wildman–Crippen LogP) is 3.77. The van der Waals surface area contributed by atoms with Gasteiger partial charge >= 0.3 is 0 Å². The minimum absolute atomic E-state index is 0.741. The SMILES string of the molecule is CCCSc1cc(Oc2cccnc2)ccn1. The average molecular weight is 246 g/mol. The molecule has 2 aromatic rings. The fourth-order valence-electron chi connectivity index (χ4n) is 1.28. The molecule has 0 fully saturated rings. The number of hydrogen-bond donors (Lipinski definition) is 0. The van der Waals surface area contributed by atoms with Crippen LogP contribution in [0.3, 0.4) is 0 Å². The summed E-state index contributed by atoms with van der Waals surface area (Å²) in [5, 5.41) is 0.994. The van der Waals surface area contributed by atoms with Gasteiger partial charge in [0.15, 0.2) is 0 Å². The molecule has 3 nitrogen and oxygen atoms in total. The van der Waals surface area contributed by atoms with Crippen LogP contribution in [0.25, 0.3) is 0 Å². The second-order valence-electron chi connectivity index (χ2n) is 3.47. The van der Waals surface area contributed by atoms with Crippen LogP contribution >= 0.6 is 11.8 Å². The molecule has 17 heavy (non-hydrogen) atoms. The van der Waals surface area contributed by atoms with Crippen LogP contribution in [0.2, 0.25) is 0 Å². The summed E-state index contributed by atoms with van der Waals surface area (Å²) in [5.41, 5.74) is 0. The van der Waals surface area contributed by atoms with E-state index in [1.807, 2.05) is 24.3 Å². The Kier molecular flexibility index (Phi) is 4.38. The zero-order chi connectivity index (χ0) is 11.9. The third kappa shape index (κ3) is 3.75. The van der Waals surface area contributed by atoms with E-state index in [1.54, 1.807) is 30.4 Å². The van der Waals surface area contributed by atoms with E-state index in [0.29, 0.717) is 0 Å². The average Bonchev–Trinajstić information content (AvgIpc) is 2.38. The van der Waals surface area contributed by atoms with Crippen molar-refractivity contribution in [1.29, 1.82) is 0 Å². The van der Waals surface area contributed by atoms with Crippen LogP contribution in [-0.4, -0.2) is 15.7 Å². The van der Waals surface area contributed by atoms with Crippen LogP contribution in [-0.2, 0) is 0 Å². The van der Waals surface area contributed by atoms with Crippen LogP contribution in [0.5, 0.6) is 11.5 Å². The van der Waals surface area contributed by atoms with Crippen molar-refractivity contribution < 1.29 is 4.74 Å². The van der Waals surface area contributed by atoms with Gasteiger partial charge in [-0.2, -0.15) is 0 Å². The van der Waals surface area contributed by atoms with E-state index < -0.39 is 0 Å². The Morgan fingerprint density at radius 3 is 2.94 bits per heavy atom. The first-order valence-corrected chi connectivity index (χ1v) is 6.54. The summed E-state index contributed by atoms with van der Waals surface area (Å²) in [6.45, 7) is 2.16.